The zero-order valence-corrected chi connectivity index (χ0v) is 10.0. The number of nitrogens with two attached hydrogens (primary N) is 1. The molecule has 0 aliphatic carbocycles. The molecule has 2 amide bonds. The topological polar surface area (TPSA) is 80.0 Å². The molecule has 0 radical (unpaired) electrons. The standard InChI is InChI=1S/C13H16N4O/c14-8-3-9-15-13(18)17-12-7-6-10-4-1-2-5-11(10)16-12/h1-2,4-7H,3,8-9,14H2,(H2,15,16,17,18). The number of fused-ring (bicyclic) bond motifs is 1. The summed E-state index contributed by atoms with van der Waals surface area (Å²) < 4.78 is 0. The van der Waals surface area contributed by atoms with Crippen molar-refractivity contribution < 1.29 is 4.79 Å². The van der Waals surface area contributed by atoms with Crippen molar-refractivity contribution in [2.24, 2.45) is 5.73 Å². The molecular weight excluding hydrogens is 228 g/mol. The molecular formula is C13H16N4O. The minimum absolute atomic E-state index is 0.258. The van der Waals surface area contributed by atoms with Gasteiger partial charge >= 0.3 is 6.03 Å². The number of hydrogen-bond acceptors (Lipinski definition) is 3. The number of benzene rings is 1. The fourth-order valence-corrected chi connectivity index (χ4v) is 1.60. The van der Waals surface area contributed by atoms with E-state index < -0.39 is 0 Å². The summed E-state index contributed by atoms with van der Waals surface area (Å²) in [6.45, 7) is 1.13. The molecule has 5 heteroatoms. The number of nitrogens with zero attached hydrogens (tertiary/aromatic N) is 1. The van der Waals surface area contributed by atoms with Crippen molar-refractivity contribution >= 4 is 22.8 Å². The average molecular weight is 244 g/mol. The van der Waals surface area contributed by atoms with Crippen molar-refractivity contribution in [3.8, 4) is 0 Å². The zero-order chi connectivity index (χ0) is 12.8. The van der Waals surface area contributed by atoms with E-state index in [2.05, 4.69) is 15.6 Å². The van der Waals surface area contributed by atoms with E-state index in [9.17, 15) is 4.79 Å². The number of aromatic nitrogens is 1. The second kappa shape index (κ2) is 5.97. The molecule has 0 bridgehead atoms. The third kappa shape index (κ3) is 3.18. The maximum absolute atomic E-state index is 11.5. The first kappa shape index (κ1) is 12.3. The highest BCUT2D eigenvalue weighted by Gasteiger charge is 2.02. The van der Waals surface area contributed by atoms with Gasteiger partial charge in [-0.1, -0.05) is 18.2 Å². The van der Waals surface area contributed by atoms with Crippen molar-refractivity contribution in [1.82, 2.24) is 10.3 Å². The third-order valence-electron chi connectivity index (χ3n) is 2.51. The smallest absolute Gasteiger partial charge is 0.320 e. The largest absolute Gasteiger partial charge is 0.338 e. The minimum Gasteiger partial charge on any atom is -0.338 e. The summed E-state index contributed by atoms with van der Waals surface area (Å²) in [5, 5.41) is 6.45. The van der Waals surface area contributed by atoms with Crippen LogP contribution in [-0.4, -0.2) is 24.1 Å². The number of nitrogens with one attached hydrogen (secondary N) is 2. The second-order valence-corrected chi connectivity index (χ2v) is 3.91. The van der Waals surface area contributed by atoms with Crippen LogP contribution in [0.15, 0.2) is 36.4 Å². The number of carbonyl (C=O) groups is 1. The maximum atomic E-state index is 11.5. The van der Waals surface area contributed by atoms with Gasteiger partial charge in [-0.05, 0) is 31.2 Å². The number of amides is 2. The molecule has 1 aromatic heterocycles. The molecule has 2 aromatic rings. The molecule has 5 nitrogen and oxygen atoms in total. The lowest BCUT2D eigenvalue weighted by atomic mass is 10.2. The summed E-state index contributed by atoms with van der Waals surface area (Å²) in [6.07, 6.45) is 0.762. The van der Waals surface area contributed by atoms with Gasteiger partial charge in [0.25, 0.3) is 0 Å². The molecule has 0 atom stereocenters. The summed E-state index contributed by atoms with van der Waals surface area (Å²) >= 11 is 0. The summed E-state index contributed by atoms with van der Waals surface area (Å²) in [5.74, 6) is 0.541. The van der Waals surface area contributed by atoms with Crippen LogP contribution in [0, 0.1) is 0 Å². The van der Waals surface area contributed by atoms with Crippen molar-refractivity contribution in [1.29, 1.82) is 0 Å². The molecule has 0 saturated carbocycles. The van der Waals surface area contributed by atoms with Crippen LogP contribution in [-0.2, 0) is 0 Å². The second-order valence-electron chi connectivity index (χ2n) is 3.91. The molecule has 2 rings (SSSR count). The predicted molar refractivity (Wildman–Crippen MR) is 72.4 cm³/mol. The Bertz CT molecular complexity index is 541. The van der Waals surface area contributed by atoms with Gasteiger partial charge in [-0.15, -0.1) is 0 Å². The summed E-state index contributed by atoms with van der Waals surface area (Å²) in [7, 11) is 0. The fourth-order valence-electron chi connectivity index (χ4n) is 1.60. The van der Waals surface area contributed by atoms with Crippen LogP contribution in [0.3, 0.4) is 0 Å². The van der Waals surface area contributed by atoms with E-state index in [0.29, 0.717) is 18.9 Å². The number of para-hydroxylation sites is 1. The van der Waals surface area contributed by atoms with E-state index in [1.165, 1.54) is 0 Å². The average Bonchev–Trinajstić information content (AvgIpc) is 2.39. The minimum atomic E-state index is -0.258. The van der Waals surface area contributed by atoms with E-state index in [4.69, 9.17) is 5.73 Å². The molecule has 1 heterocycles. The highest BCUT2D eigenvalue weighted by molar-refractivity contribution is 5.90. The number of anilines is 1. The van der Waals surface area contributed by atoms with Crippen molar-refractivity contribution in [2.75, 3.05) is 18.4 Å². The SMILES string of the molecule is NCCCNC(=O)Nc1ccc2ccccc2n1. The Kier molecular flexibility index (Phi) is 4.09. The molecule has 0 spiro atoms. The van der Waals surface area contributed by atoms with Gasteiger partial charge in [0.1, 0.15) is 5.82 Å². The predicted octanol–water partition coefficient (Wildman–Crippen LogP) is 1.71. The van der Waals surface area contributed by atoms with Crippen molar-refractivity contribution in [2.45, 2.75) is 6.42 Å². The van der Waals surface area contributed by atoms with Gasteiger partial charge in [-0.3, -0.25) is 5.32 Å². The van der Waals surface area contributed by atoms with E-state index >= 15 is 0 Å². The van der Waals surface area contributed by atoms with Crippen LogP contribution < -0.4 is 16.4 Å². The van der Waals surface area contributed by atoms with Crippen LogP contribution in [0.5, 0.6) is 0 Å². The monoisotopic (exact) mass is 244 g/mol. The Morgan fingerprint density at radius 1 is 1.22 bits per heavy atom. The molecule has 94 valence electrons. The van der Waals surface area contributed by atoms with E-state index in [1.807, 2.05) is 30.3 Å². The molecule has 18 heavy (non-hydrogen) atoms. The van der Waals surface area contributed by atoms with E-state index in [1.54, 1.807) is 6.07 Å². The highest BCUT2D eigenvalue weighted by Crippen LogP contribution is 2.14. The first-order valence-electron chi connectivity index (χ1n) is 5.90. The zero-order valence-electron chi connectivity index (χ0n) is 10.0. The Labute approximate surface area is 105 Å². The van der Waals surface area contributed by atoms with Gasteiger partial charge in [0, 0.05) is 11.9 Å². The van der Waals surface area contributed by atoms with Crippen LogP contribution in [0.4, 0.5) is 10.6 Å². The van der Waals surface area contributed by atoms with Crippen LogP contribution >= 0.6 is 0 Å². The number of hydrogen-bond donors (Lipinski definition) is 3. The summed E-state index contributed by atoms with van der Waals surface area (Å²) in [6, 6.07) is 11.2. The van der Waals surface area contributed by atoms with Crippen LogP contribution in [0.25, 0.3) is 10.9 Å². The van der Waals surface area contributed by atoms with Gasteiger partial charge in [0.05, 0.1) is 5.52 Å². The van der Waals surface area contributed by atoms with Gasteiger partial charge in [0.2, 0.25) is 0 Å². The first-order valence-corrected chi connectivity index (χ1v) is 5.90. The lowest BCUT2D eigenvalue weighted by molar-refractivity contribution is 0.252. The molecule has 0 unspecified atom stereocenters. The Balaban J connectivity index is 2.01. The lowest BCUT2D eigenvalue weighted by Gasteiger charge is -2.07. The summed E-state index contributed by atoms with van der Waals surface area (Å²) in [4.78, 5) is 15.9. The fraction of sp³-hybridized carbons (Fsp3) is 0.231. The molecule has 0 aliphatic rings. The highest BCUT2D eigenvalue weighted by atomic mass is 16.2. The molecule has 0 saturated heterocycles. The first-order chi connectivity index (χ1) is 8.79. The quantitative estimate of drug-likeness (QED) is 0.716. The third-order valence-corrected chi connectivity index (χ3v) is 2.51. The van der Waals surface area contributed by atoms with Crippen LogP contribution in [0.1, 0.15) is 6.42 Å². The van der Waals surface area contributed by atoms with Crippen molar-refractivity contribution in [3.05, 3.63) is 36.4 Å². The normalized spacial score (nSPS) is 10.3. The Hall–Kier alpha value is -2.14. The van der Waals surface area contributed by atoms with Gasteiger partial charge in [-0.25, -0.2) is 9.78 Å². The van der Waals surface area contributed by atoms with E-state index in [0.717, 1.165) is 17.3 Å². The van der Waals surface area contributed by atoms with Gasteiger partial charge in [0.15, 0.2) is 0 Å². The number of rotatable bonds is 4. The van der Waals surface area contributed by atoms with Gasteiger partial charge < -0.3 is 11.1 Å². The number of urea groups is 1. The maximum Gasteiger partial charge on any atom is 0.320 e. The van der Waals surface area contributed by atoms with Crippen molar-refractivity contribution in [3.63, 3.8) is 0 Å². The molecule has 4 N–H and O–H groups in total. The van der Waals surface area contributed by atoms with Crippen LogP contribution in [0.2, 0.25) is 0 Å². The molecule has 0 fully saturated rings. The van der Waals surface area contributed by atoms with E-state index in [-0.39, 0.29) is 6.03 Å². The van der Waals surface area contributed by atoms with Gasteiger partial charge in [-0.2, -0.15) is 0 Å². The number of carbonyl (C=O) groups excluding carboxylic acids is 1. The molecule has 1 aromatic carbocycles. The lowest BCUT2D eigenvalue weighted by Crippen LogP contribution is -2.30. The summed E-state index contributed by atoms with van der Waals surface area (Å²) in [5.41, 5.74) is 6.20. The number of pyridine rings is 1. The Morgan fingerprint density at radius 2 is 2.06 bits per heavy atom. The molecule has 0 aliphatic heterocycles. The Morgan fingerprint density at radius 3 is 2.89 bits per heavy atom.